The number of allylic oxidation sites excluding steroid dienone is 1. The van der Waals surface area contributed by atoms with Gasteiger partial charge in [-0.1, -0.05) is 32.4 Å². The van der Waals surface area contributed by atoms with Crippen LogP contribution in [0.3, 0.4) is 0 Å². The summed E-state index contributed by atoms with van der Waals surface area (Å²) in [5, 5.41) is 8.73. The van der Waals surface area contributed by atoms with Crippen molar-refractivity contribution in [1.29, 1.82) is 0 Å². The van der Waals surface area contributed by atoms with E-state index in [0.717, 1.165) is 6.42 Å². The van der Waals surface area contributed by atoms with Gasteiger partial charge >= 0.3 is 0 Å². The van der Waals surface area contributed by atoms with Crippen LogP contribution in [0.4, 0.5) is 0 Å². The van der Waals surface area contributed by atoms with Crippen molar-refractivity contribution in [3.05, 3.63) is 11.6 Å². The Kier molecular flexibility index (Phi) is 6.86. The predicted molar refractivity (Wildman–Crippen MR) is 64.9 cm³/mol. The number of rotatable bonds is 7. The average Bonchev–Trinajstić information content (AvgIpc) is 2.16. The fourth-order valence-corrected chi connectivity index (χ4v) is 1.28. The third kappa shape index (κ3) is 5.95. The van der Waals surface area contributed by atoms with Crippen LogP contribution >= 0.6 is 0 Å². The molecule has 0 aliphatic rings. The van der Waals surface area contributed by atoms with E-state index in [1.807, 2.05) is 0 Å². The van der Waals surface area contributed by atoms with Gasteiger partial charge in [0.05, 0.1) is 6.10 Å². The Morgan fingerprint density at radius 2 is 2.00 bits per heavy atom. The van der Waals surface area contributed by atoms with Gasteiger partial charge in [0.2, 0.25) is 0 Å². The number of ether oxygens (including phenoxy) is 1. The van der Waals surface area contributed by atoms with Gasteiger partial charge in [0, 0.05) is 13.2 Å². The molecule has 0 fully saturated rings. The van der Waals surface area contributed by atoms with Crippen molar-refractivity contribution in [2.24, 2.45) is 5.41 Å². The van der Waals surface area contributed by atoms with Gasteiger partial charge in [-0.3, -0.25) is 0 Å². The molecule has 90 valence electrons. The smallest absolute Gasteiger partial charge is 0.0808 e. The van der Waals surface area contributed by atoms with Gasteiger partial charge in [-0.05, 0) is 32.1 Å². The Hall–Kier alpha value is -0.340. The maximum atomic E-state index is 8.73. The molecule has 0 saturated heterocycles. The van der Waals surface area contributed by atoms with Crippen molar-refractivity contribution in [2.45, 2.75) is 53.6 Å². The zero-order valence-corrected chi connectivity index (χ0v) is 10.8. The van der Waals surface area contributed by atoms with Crippen LogP contribution < -0.4 is 0 Å². The van der Waals surface area contributed by atoms with Crippen molar-refractivity contribution in [3.63, 3.8) is 0 Å². The van der Waals surface area contributed by atoms with E-state index in [4.69, 9.17) is 9.84 Å². The van der Waals surface area contributed by atoms with Crippen LogP contribution in [0.5, 0.6) is 0 Å². The molecule has 2 nitrogen and oxygen atoms in total. The highest BCUT2D eigenvalue weighted by Crippen LogP contribution is 2.29. The zero-order valence-electron chi connectivity index (χ0n) is 10.8. The van der Waals surface area contributed by atoms with Gasteiger partial charge in [-0.25, -0.2) is 0 Å². The number of aliphatic hydroxyl groups is 1. The van der Waals surface area contributed by atoms with Gasteiger partial charge in [0.1, 0.15) is 0 Å². The third-order valence-corrected chi connectivity index (χ3v) is 2.77. The molecule has 0 radical (unpaired) electrons. The molecule has 15 heavy (non-hydrogen) atoms. The molecule has 0 aromatic heterocycles. The van der Waals surface area contributed by atoms with Crippen LogP contribution in [-0.2, 0) is 4.74 Å². The lowest BCUT2D eigenvalue weighted by Gasteiger charge is -2.31. The predicted octanol–water partition coefficient (Wildman–Crippen LogP) is 3.16. The molecule has 1 atom stereocenters. The summed E-state index contributed by atoms with van der Waals surface area (Å²) < 4.78 is 5.81. The molecule has 0 rings (SSSR count). The van der Waals surface area contributed by atoms with Crippen LogP contribution in [0, 0.1) is 5.41 Å². The van der Waals surface area contributed by atoms with Crippen LogP contribution in [0.1, 0.15) is 47.5 Å². The Labute approximate surface area is 94.3 Å². The van der Waals surface area contributed by atoms with Crippen molar-refractivity contribution in [2.75, 3.05) is 13.2 Å². The summed E-state index contributed by atoms with van der Waals surface area (Å²) in [7, 11) is 0. The molecular weight excluding hydrogens is 188 g/mol. The normalized spacial score (nSPS) is 13.7. The van der Waals surface area contributed by atoms with Crippen molar-refractivity contribution < 1.29 is 9.84 Å². The molecule has 0 aromatic rings. The molecule has 2 heteroatoms. The van der Waals surface area contributed by atoms with Gasteiger partial charge in [-0.2, -0.15) is 0 Å². The Morgan fingerprint density at radius 1 is 1.40 bits per heavy atom. The van der Waals surface area contributed by atoms with Crippen molar-refractivity contribution >= 4 is 0 Å². The first-order chi connectivity index (χ1) is 6.94. The highest BCUT2D eigenvalue weighted by Gasteiger charge is 2.26. The maximum absolute atomic E-state index is 8.73. The van der Waals surface area contributed by atoms with E-state index in [9.17, 15) is 0 Å². The van der Waals surface area contributed by atoms with Crippen molar-refractivity contribution in [1.82, 2.24) is 0 Å². The van der Waals surface area contributed by atoms with E-state index in [2.05, 4.69) is 40.7 Å². The molecular formula is C13H26O2. The average molecular weight is 214 g/mol. The summed E-state index contributed by atoms with van der Waals surface area (Å²) in [6.45, 7) is 11.6. The summed E-state index contributed by atoms with van der Waals surface area (Å²) in [5.41, 5.74) is 1.44. The molecule has 0 aromatic carbocycles. The Bertz CT molecular complexity index is 191. The first-order valence-electron chi connectivity index (χ1n) is 5.81. The van der Waals surface area contributed by atoms with Gasteiger partial charge in [0.25, 0.3) is 0 Å². The quantitative estimate of drug-likeness (QED) is 0.521. The molecule has 1 N–H and O–H groups in total. The minimum Gasteiger partial charge on any atom is -0.396 e. The van der Waals surface area contributed by atoms with E-state index in [1.54, 1.807) is 0 Å². The van der Waals surface area contributed by atoms with Crippen LogP contribution in [-0.4, -0.2) is 24.4 Å². The largest absolute Gasteiger partial charge is 0.396 e. The molecule has 0 spiro atoms. The second-order valence-electron chi connectivity index (χ2n) is 4.95. The molecule has 1 unspecified atom stereocenters. The highest BCUT2D eigenvalue weighted by molar-refractivity contribution is 5.03. The summed E-state index contributed by atoms with van der Waals surface area (Å²) in [6, 6.07) is 0. The molecule has 0 bridgehead atoms. The van der Waals surface area contributed by atoms with E-state index in [0.29, 0.717) is 13.0 Å². The van der Waals surface area contributed by atoms with E-state index >= 15 is 0 Å². The Balaban J connectivity index is 4.38. The van der Waals surface area contributed by atoms with E-state index in [-0.39, 0.29) is 18.1 Å². The molecule has 0 saturated carbocycles. The lowest BCUT2D eigenvalue weighted by Crippen LogP contribution is -2.30. The lowest BCUT2D eigenvalue weighted by molar-refractivity contribution is -0.00115. The monoisotopic (exact) mass is 214 g/mol. The van der Waals surface area contributed by atoms with E-state index in [1.165, 1.54) is 5.57 Å². The first kappa shape index (κ1) is 14.7. The zero-order chi connectivity index (χ0) is 11.9. The highest BCUT2D eigenvalue weighted by atomic mass is 16.5. The third-order valence-electron chi connectivity index (χ3n) is 2.77. The van der Waals surface area contributed by atoms with E-state index < -0.39 is 0 Å². The molecule has 0 aliphatic heterocycles. The number of aliphatic hydroxyl groups excluding tert-OH is 1. The summed E-state index contributed by atoms with van der Waals surface area (Å²) in [4.78, 5) is 0. The fraction of sp³-hybridized carbons (Fsp3) is 0.846. The van der Waals surface area contributed by atoms with Crippen LogP contribution in [0.25, 0.3) is 0 Å². The minimum atomic E-state index is 0.152. The van der Waals surface area contributed by atoms with Crippen LogP contribution in [0.2, 0.25) is 0 Å². The topological polar surface area (TPSA) is 29.5 Å². The number of hydrogen-bond acceptors (Lipinski definition) is 2. The standard InChI is InChI=1S/C13H26O2/c1-6-13(4,5)12(10-11(2)3)15-9-7-8-14/h10,12,14H,6-9H2,1-5H3. The lowest BCUT2D eigenvalue weighted by atomic mass is 9.83. The number of hydrogen-bond donors (Lipinski definition) is 1. The minimum absolute atomic E-state index is 0.152. The maximum Gasteiger partial charge on any atom is 0.0808 e. The molecule has 0 amide bonds. The second kappa shape index (κ2) is 7.02. The first-order valence-corrected chi connectivity index (χ1v) is 5.81. The Morgan fingerprint density at radius 3 is 2.40 bits per heavy atom. The molecule has 0 heterocycles. The van der Waals surface area contributed by atoms with Crippen LogP contribution in [0.15, 0.2) is 11.6 Å². The summed E-state index contributed by atoms with van der Waals surface area (Å²) in [6.07, 6.45) is 4.13. The fourth-order valence-electron chi connectivity index (χ4n) is 1.28. The molecule has 0 aliphatic carbocycles. The van der Waals surface area contributed by atoms with Gasteiger partial charge in [0.15, 0.2) is 0 Å². The summed E-state index contributed by atoms with van der Waals surface area (Å²) >= 11 is 0. The van der Waals surface area contributed by atoms with Gasteiger partial charge in [-0.15, -0.1) is 0 Å². The SMILES string of the molecule is CCC(C)(C)C(C=C(C)C)OCCCO. The second-order valence-corrected chi connectivity index (χ2v) is 4.95. The van der Waals surface area contributed by atoms with Crippen molar-refractivity contribution in [3.8, 4) is 0 Å². The summed E-state index contributed by atoms with van der Waals surface area (Å²) in [5.74, 6) is 0. The van der Waals surface area contributed by atoms with Gasteiger partial charge < -0.3 is 9.84 Å².